The standard InChI is InChI=1S/C22H27ClN4O2.HI/c1-15-12-16(8-9-18(15)23)13-24-22(25-14-21(28)27(2)3)26-19-10-11-29-20-7-5-4-6-17(19)20;/h4-9,12,19H,10-11,13-14H2,1-3H3,(H2,24,25,26);1H. The Morgan fingerprint density at radius 2 is 2.03 bits per heavy atom. The Labute approximate surface area is 200 Å². The molecule has 1 aliphatic rings. The van der Waals surface area contributed by atoms with E-state index in [0.29, 0.717) is 19.1 Å². The topological polar surface area (TPSA) is 66.0 Å². The van der Waals surface area contributed by atoms with Gasteiger partial charge in [-0.3, -0.25) is 4.79 Å². The van der Waals surface area contributed by atoms with Gasteiger partial charge < -0.3 is 20.3 Å². The SMILES string of the molecule is Cc1cc(CN=C(NCC(=O)N(C)C)NC2CCOc3ccccc32)ccc1Cl.I. The minimum absolute atomic E-state index is 0. The number of guanidine groups is 1. The number of halogens is 2. The molecule has 0 saturated carbocycles. The minimum Gasteiger partial charge on any atom is -0.493 e. The van der Waals surface area contributed by atoms with Crippen LogP contribution in [0.25, 0.3) is 0 Å². The third kappa shape index (κ3) is 6.50. The van der Waals surface area contributed by atoms with Crippen LogP contribution in [0.1, 0.15) is 29.2 Å². The van der Waals surface area contributed by atoms with E-state index in [1.165, 1.54) is 0 Å². The van der Waals surface area contributed by atoms with Crippen molar-refractivity contribution in [3.8, 4) is 5.75 Å². The number of benzene rings is 2. The van der Waals surface area contributed by atoms with Gasteiger partial charge in [0.15, 0.2) is 5.96 Å². The molecule has 1 heterocycles. The first-order chi connectivity index (χ1) is 13.9. The third-order valence-corrected chi connectivity index (χ3v) is 5.24. The normalized spacial score (nSPS) is 15.3. The van der Waals surface area contributed by atoms with Crippen molar-refractivity contribution >= 4 is 47.4 Å². The Hall–Kier alpha value is -2.00. The molecule has 0 bridgehead atoms. The van der Waals surface area contributed by atoms with Gasteiger partial charge in [0.05, 0.1) is 25.7 Å². The maximum atomic E-state index is 12.0. The van der Waals surface area contributed by atoms with Gasteiger partial charge in [0.2, 0.25) is 5.91 Å². The Kier molecular flexibility index (Phi) is 9.23. The van der Waals surface area contributed by atoms with Crippen LogP contribution in [0.4, 0.5) is 0 Å². The van der Waals surface area contributed by atoms with Crippen LogP contribution in [-0.2, 0) is 11.3 Å². The van der Waals surface area contributed by atoms with Crippen molar-refractivity contribution in [3.63, 3.8) is 0 Å². The molecule has 1 aliphatic heterocycles. The van der Waals surface area contributed by atoms with Gasteiger partial charge in [-0.2, -0.15) is 0 Å². The number of nitrogens with one attached hydrogen (secondary N) is 2. The van der Waals surface area contributed by atoms with E-state index in [1.54, 1.807) is 19.0 Å². The lowest BCUT2D eigenvalue weighted by atomic mass is 10.0. The number of ether oxygens (including phenoxy) is 1. The zero-order valence-electron chi connectivity index (χ0n) is 17.4. The van der Waals surface area contributed by atoms with E-state index in [0.717, 1.165) is 33.9 Å². The van der Waals surface area contributed by atoms with Crippen molar-refractivity contribution in [3.05, 3.63) is 64.2 Å². The Morgan fingerprint density at radius 1 is 1.27 bits per heavy atom. The fraction of sp³-hybridized carbons (Fsp3) is 0.364. The number of aliphatic imine (C=N–C) groups is 1. The summed E-state index contributed by atoms with van der Waals surface area (Å²) in [6.07, 6.45) is 0.819. The molecular formula is C22H28ClIN4O2. The Balaban J connectivity index is 0.00000320. The van der Waals surface area contributed by atoms with Crippen LogP contribution in [0.5, 0.6) is 5.75 Å². The van der Waals surface area contributed by atoms with E-state index in [-0.39, 0.29) is 42.5 Å². The molecule has 1 unspecified atom stereocenters. The van der Waals surface area contributed by atoms with Crippen LogP contribution in [0.15, 0.2) is 47.5 Å². The molecule has 8 heteroatoms. The van der Waals surface area contributed by atoms with Crippen molar-refractivity contribution < 1.29 is 9.53 Å². The van der Waals surface area contributed by atoms with E-state index in [2.05, 4.69) is 16.7 Å². The molecule has 0 spiro atoms. The molecule has 6 nitrogen and oxygen atoms in total. The molecule has 0 fully saturated rings. The van der Waals surface area contributed by atoms with Crippen LogP contribution >= 0.6 is 35.6 Å². The lowest BCUT2D eigenvalue weighted by molar-refractivity contribution is -0.127. The van der Waals surface area contributed by atoms with Crippen LogP contribution in [0.3, 0.4) is 0 Å². The number of carbonyl (C=O) groups is 1. The van der Waals surface area contributed by atoms with Crippen LogP contribution in [0.2, 0.25) is 5.02 Å². The molecule has 0 radical (unpaired) electrons. The summed E-state index contributed by atoms with van der Waals surface area (Å²) in [6.45, 7) is 3.26. The van der Waals surface area contributed by atoms with Gasteiger partial charge in [0.1, 0.15) is 5.75 Å². The Bertz CT molecular complexity index is 904. The smallest absolute Gasteiger partial charge is 0.241 e. The van der Waals surface area contributed by atoms with Crippen LogP contribution in [0, 0.1) is 6.92 Å². The molecule has 1 amide bonds. The van der Waals surface area contributed by atoms with Gasteiger partial charge in [-0.25, -0.2) is 4.99 Å². The summed E-state index contributed by atoms with van der Waals surface area (Å²) in [5.74, 6) is 1.46. The number of hydrogen-bond acceptors (Lipinski definition) is 3. The molecule has 1 atom stereocenters. The first-order valence-electron chi connectivity index (χ1n) is 9.66. The number of nitrogens with zero attached hydrogens (tertiary/aromatic N) is 2. The number of carbonyl (C=O) groups excluding carboxylic acids is 1. The highest BCUT2D eigenvalue weighted by molar-refractivity contribution is 14.0. The average Bonchev–Trinajstić information content (AvgIpc) is 2.72. The molecule has 0 saturated heterocycles. The predicted octanol–water partition coefficient (Wildman–Crippen LogP) is 3.91. The van der Waals surface area contributed by atoms with E-state index in [1.807, 2.05) is 43.3 Å². The number of rotatable bonds is 5. The first kappa shape index (κ1) is 24.3. The lowest BCUT2D eigenvalue weighted by Gasteiger charge is -2.28. The molecule has 2 aromatic rings. The number of para-hydroxylation sites is 1. The largest absolute Gasteiger partial charge is 0.493 e. The molecule has 30 heavy (non-hydrogen) atoms. The van der Waals surface area contributed by atoms with Crippen molar-refractivity contribution in [2.45, 2.75) is 25.9 Å². The molecule has 3 rings (SSSR count). The average molecular weight is 543 g/mol. The van der Waals surface area contributed by atoms with Crippen molar-refractivity contribution in [1.29, 1.82) is 0 Å². The minimum atomic E-state index is -0.0192. The van der Waals surface area contributed by atoms with E-state index < -0.39 is 0 Å². The zero-order chi connectivity index (χ0) is 20.8. The van der Waals surface area contributed by atoms with Crippen molar-refractivity contribution in [1.82, 2.24) is 15.5 Å². The summed E-state index contributed by atoms with van der Waals surface area (Å²) in [5.41, 5.74) is 3.16. The van der Waals surface area contributed by atoms with Crippen molar-refractivity contribution in [2.24, 2.45) is 4.99 Å². The highest BCUT2D eigenvalue weighted by Gasteiger charge is 2.22. The summed E-state index contributed by atoms with van der Waals surface area (Å²) >= 11 is 6.12. The lowest BCUT2D eigenvalue weighted by Crippen LogP contribution is -2.45. The predicted molar refractivity (Wildman–Crippen MR) is 132 cm³/mol. The zero-order valence-corrected chi connectivity index (χ0v) is 20.5. The van der Waals surface area contributed by atoms with Gasteiger partial charge in [-0.05, 0) is 30.2 Å². The fourth-order valence-electron chi connectivity index (χ4n) is 3.10. The number of amides is 1. The van der Waals surface area contributed by atoms with Gasteiger partial charge in [-0.1, -0.05) is 41.9 Å². The first-order valence-corrected chi connectivity index (χ1v) is 10.0. The van der Waals surface area contributed by atoms with Gasteiger partial charge in [0, 0.05) is 31.1 Å². The summed E-state index contributed by atoms with van der Waals surface area (Å²) in [5, 5.41) is 7.36. The van der Waals surface area contributed by atoms with Gasteiger partial charge >= 0.3 is 0 Å². The second-order valence-corrected chi connectivity index (χ2v) is 7.67. The second-order valence-electron chi connectivity index (χ2n) is 7.26. The number of aryl methyl sites for hydroxylation is 1. The van der Waals surface area contributed by atoms with Crippen LogP contribution in [-0.4, -0.2) is 44.0 Å². The van der Waals surface area contributed by atoms with E-state index in [9.17, 15) is 4.79 Å². The van der Waals surface area contributed by atoms with Crippen molar-refractivity contribution in [2.75, 3.05) is 27.2 Å². The van der Waals surface area contributed by atoms with Gasteiger partial charge in [0.25, 0.3) is 0 Å². The monoisotopic (exact) mass is 542 g/mol. The highest BCUT2D eigenvalue weighted by Crippen LogP contribution is 2.31. The molecule has 2 aromatic carbocycles. The summed E-state index contributed by atoms with van der Waals surface area (Å²) in [7, 11) is 3.47. The Morgan fingerprint density at radius 3 is 2.77 bits per heavy atom. The fourth-order valence-corrected chi connectivity index (χ4v) is 3.22. The van der Waals surface area contributed by atoms with Crippen LogP contribution < -0.4 is 15.4 Å². The second kappa shape index (κ2) is 11.4. The maximum absolute atomic E-state index is 12.0. The summed E-state index contributed by atoms with van der Waals surface area (Å²) in [4.78, 5) is 18.3. The molecule has 0 aliphatic carbocycles. The molecule has 162 valence electrons. The molecular weight excluding hydrogens is 515 g/mol. The number of hydrogen-bond donors (Lipinski definition) is 2. The molecule has 2 N–H and O–H groups in total. The summed E-state index contributed by atoms with van der Waals surface area (Å²) < 4.78 is 5.75. The van der Waals surface area contributed by atoms with E-state index >= 15 is 0 Å². The third-order valence-electron chi connectivity index (χ3n) is 4.82. The van der Waals surface area contributed by atoms with Gasteiger partial charge in [-0.15, -0.1) is 24.0 Å². The quantitative estimate of drug-likeness (QED) is 0.342. The highest BCUT2D eigenvalue weighted by atomic mass is 127. The molecule has 0 aromatic heterocycles. The summed E-state index contributed by atoms with van der Waals surface area (Å²) in [6, 6.07) is 13.9. The number of fused-ring (bicyclic) bond motifs is 1. The maximum Gasteiger partial charge on any atom is 0.241 e. The number of likely N-dealkylation sites (N-methyl/N-ethyl adjacent to an activating group) is 1. The van der Waals surface area contributed by atoms with E-state index in [4.69, 9.17) is 21.3 Å².